The van der Waals surface area contributed by atoms with Crippen molar-refractivity contribution in [1.82, 2.24) is 9.82 Å². The van der Waals surface area contributed by atoms with Crippen molar-refractivity contribution in [1.29, 1.82) is 0 Å². The predicted octanol–water partition coefficient (Wildman–Crippen LogP) is 0.985. The molecular weight excluding hydrogens is 214 g/mol. The summed E-state index contributed by atoms with van der Waals surface area (Å²) in [5.41, 5.74) is 0.184. The number of carbonyl (C=O) groups excluding carboxylic acids is 2. The Labute approximate surface area is 83.2 Å². The zero-order valence-electron chi connectivity index (χ0n) is 6.63. The molecule has 0 aliphatic carbocycles. The number of aromatic nitrogens is 1. The lowest BCUT2D eigenvalue weighted by Gasteiger charge is -1.93. The van der Waals surface area contributed by atoms with Crippen molar-refractivity contribution in [3.63, 3.8) is 0 Å². The second kappa shape index (κ2) is 4.20. The van der Waals surface area contributed by atoms with E-state index in [0.717, 1.165) is 11.3 Å². The first-order valence-electron chi connectivity index (χ1n) is 3.27. The summed E-state index contributed by atoms with van der Waals surface area (Å²) in [5.74, 6) is -0.721. The van der Waals surface area contributed by atoms with Crippen LogP contribution in [0.4, 0.5) is 5.13 Å². The molecule has 70 valence electrons. The molecule has 0 saturated carbocycles. The Morgan fingerprint density at radius 1 is 1.62 bits per heavy atom. The molecule has 0 aliphatic heterocycles. The van der Waals surface area contributed by atoms with Gasteiger partial charge in [-0.15, -0.1) is 11.3 Å². The smallest absolute Gasteiger partial charge is 0.285 e. The second-order valence-corrected chi connectivity index (χ2v) is 3.19. The van der Waals surface area contributed by atoms with E-state index in [1.807, 2.05) is 4.84 Å². The molecule has 2 N–H and O–H groups in total. The number of rotatable bonds is 2. The Morgan fingerprint density at radius 3 is 2.85 bits per heavy atom. The lowest BCUT2D eigenvalue weighted by Crippen LogP contribution is -2.13. The third kappa shape index (κ3) is 2.67. The van der Waals surface area contributed by atoms with Gasteiger partial charge in [0.2, 0.25) is 5.91 Å². The number of hydrogen-bond donors (Lipinski definition) is 2. The third-order valence-corrected chi connectivity index (χ3v) is 2.03. The van der Waals surface area contributed by atoms with E-state index in [4.69, 9.17) is 11.8 Å². The Bertz CT molecular complexity index is 338. The molecule has 0 spiro atoms. The molecule has 5 nitrogen and oxygen atoms in total. The molecule has 1 aromatic heterocycles. The van der Waals surface area contributed by atoms with Gasteiger partial charge < -0.3 is 5.32 Å². The van der Waals surface area contributed by atoms with Gasteiger partial charge in [-0.1, -0.05) is 0 Å². The fourth-order valence-electron chi connectivity index (χ4n) is 0.634. The molecular formula is C6H6ClN3O2S. The molecule has 1 rings (SSSR count). The fourth-order valence-corrected chi connectivity index (χ4v) is 1.47. The molecule has 0 fully saturated rings. The van der Waals surface area contributed by atoms with Gasteiger partial charge in [0.25, 0.3) is 5.91 Å². The fraction of sp³-hybridized carbons (Fsp3) is 0.167. The van der Waals surface area contributed by atoms with Crippen molar-refractivity contribution >= 4 is 40.1 Å². The van der Waals surface area contributed by atoms with E-state index < -0.39 is 5.91 Å². The zero-order chi connectivity index (χ0) is 9.84. The maximum Gasteiger partial charge on any atom is 0.285 e. The predicted molar refractivity (Wildman–Crippen MR) is 49.7 cm³/mol. The molecule has 0 radical (unpaired) electrons. The van der Waals surface area contributed by atoms with Crippen LogP contribution in [-0.4, -0.2) is 16.8 Å². The number of carbonyl (C=O) groups is 2. The van der Waals surface area contributed by atoms with Crippen LogP contribution in [0.25, 0.3) is 0 Å². The van der Waals surface area contributed by atoms with E-state index in [1.54, 1.807) is 0 Å². The minimum Gasteiger partial charge on any atom is -0.302 e. The average Bonchev–Trinajstić information content (AvgIpc) is 2.50. The molecule has 0 bridgehead atoms. The summed E-state index contributed by atoms with van der Waals surface area (Å²) in [6.45, 7) is 1.36. The summed E-state index contributed by atoms with van der Waals surface area (Å²) in [4.78, 5) is 27.2. The van der Waals surface area contributed by atoms with Crippen molar-refractivity contribution in [2.45, 2.75) is 6.92 Å². The van der Waals surface area contributed by atoms with Gasteiger partial charge in [0.1, 0.15) is 5.69 Å². The molecule has 0 unspecified atom stereocenters. The van der Waals surface area contributed by atoms with E-state index >= 15 is 0 Å². The van der Waals surface area contributed by atoms with Crippen molar-refractivity contribution in [2.24, 2.45) is 0 Å². The summed E-state index contributed by atoms with van der Waals surface area (Å²) < 4.78 is 0. The SMILES string of the molecule is CC(=O)Nc1nc(C(=O)NCl)cs1. The summed E-state index contributed by atoms with van der Waals surface area (Å²) in [6, 6.07) is 0. The van der Waals surface area contributed by atoms with Gasteiger partial charge >= 0.3 is 0 Å². The number of amides is 2. The first-order valence-corrected chi connectivity index (χ1v) is 4.53. The molecule has 1 heterocycles. The van der Waals surface area contributed by atoms with Crippen LogP contribution in [0.1, 0.15) is 17.4 Å². The molecule has 0 atom stereocenters. The molecule has 1 aromatic rings. The molecule has 0 aliphatic rings. The van der Waals surface area contributed by atoms with Gasteiger partial charge in [-0.25, -0.2) is 4.98 Å². The highest BCUT2D eigenvalue weighted by Gasteiger charge is 2.09. The van der Waals surface area contributed by atoms with Gasteiger partial charge in [0, 0.05) is 24.1 Å². The highest BCUT2D eigenvalue weighted by Crippen LogP contribution is 2.14. The zero-order valence-corrected chi connectivity index (χ0v) is 8.20. The number of anilines is 1. The minimum absolute atomic E-state index is 0.184. The van der Waals surface area contributed by atoms with E-state index in [1.165, 1.54) is 12.3 Å². The van der Waals surface area contributed by atoms with E-state index in [0.29, 0.717) is 5.13 Å². The third-order valence-electron chi connectivity index (χ3n) is 1.11. The molecule has 13 heavy (non-hydrogen) atoms. The summed E-state index contributed by atoms with van der Waals surface area (Å²) in [6.07, 6.45) is 0. The number of nitrogens with one attached hydrogen (secondary N) is 2. The molecule has 0 aromatic carbocycles. The Morgan fingerprint density at radius 2 is 2.31 bits per heavy atom. The number of hydrogen-bond acceptors (Lipinski definition) is 4. The van der Waals surface area contributed by atoms with Gasteiger partial charge in [-0.3, -0.25) is 14.4 Å². The molecule has 7 heteroatoms. The summed E-state index contributed by atoms with van der Waals surface area (Å²) in [7, 11) is 0. The van der Waals surface area contributed by atoms with E-state index in [-0.39, 0.29) is 11.6 Å². The van der Waals surface area contributed by atoms with Crippen LogP contribution in [0.2, 0.25) is 0 Å². The van der Waals surface area contributed by atoms with Crippen molar-refractivity contribution in [2.75, 3.05) is 5.32 Å². The van der Waals surface area contributed by atoms with E-state index in [2.05, 4.69) is 10.3 Å². The summed E-state index contributed by atoms with van der Waals surface area (Å²) in [5, 5.41) is 4.33. The van der Waals surface area contributed by atoms with Gasteiger partial charge in [-0.05, 0) is 0 Å². The number of thiazole rings is 1. The lowest BCUT2D eigenvalue weighted by atomic mass is 10.5. The first kappa shape index (κ1) is 9.94. The second-order valence-electron chi connectivity index (χ2n) is 2.14. The van der Waals surface area contributed by atoms with Crippen LogP contribution in [-0.2, 0) is 4.79 Å². The number of halogens is 1. The van der Waals surface area contributed by atoms with Crippen LogP contribution in [0.15, 0.2) is 5.38 Å². The monoisotopic (exact) mass is 219 g/mol. The van der Waals surface area contributed by atoms with E-state index in [9.17, 15) is 9.59 Å². The lowest BCUT2D eigenvalue weighted by molar-refractivity contribution is -0.114. The minimum atomic E-state index is -0.491. The van der Waals surface area contributed by atoms with Crippen LogP contribution in [0.5, 0.6) is 0 Å². The average molecular weight is 220 g/mol. The highest BCUT2D eigenvalue weighted by atomic mass is 35.5. The van der Waals surface area contributed by atoms with Crippen LogP contribution < -0.4 is 10.2 Å². The molecule has 0 saturated heterocycles. The first-order chi connectivity index (χ1) is 6.13. The van der Waals surface area contributed by atoms with Crippen LogP contribution in [0.3, 0.4) is 0 Å². The van der Waals surface area contributed by atoms with Crippen LogP contribution in [0, 0.1) is 0 Å². The normalized spacial score (nSPS) is 9.38. The van der Waals surface area contributed by atoms with Gasteiger partial charge in [0.15, 0.2) is 5.13 Å². The number of nitrogens with zero attached hydrogens (tertiary/aromatic N) is 1. The maximum atomic E-state index is 10.9. The van der Waals surface area contributed by atoms with Crippen LogP contribution >= 0.6 is 23.1 Å². The topological polar surface area (TPSA) is 71.1 Å². The molecule has 2 amide bonds. The Hall–Kier alpha value is -1.14. The Kier molecular flexibility index (Phi) is 3.21. The van der Waals surface area contributed by atoms with Crippen molar-refractivity contribution in [3.05, 3.63) is 11.1 Å². The quantitative estimate of drug-likeness (QED) is 0.729. The maximum absolute atomic E-state index is 10.9. The van der Waals surface area contributed by atoms with Crippen molar-refractivity contribution < 1.29 is 9.59 Å². The Balaban J connectivity index is 2.74. The highest BCUT2D eigenvalue weighted by molar-refractivity contribution is 7.14. The largest absolute Gasteiger partial charge is 0.302 e. The summed E-state index contributed by atoms with van der Waals surface area (Å²) >= 11 is 6.24. The standard InChI is InChI=1S/C6H6ClN3O2S/c1-3(11)8-6-9-4(2-13-6)5(12)10-7/h2H,1H3,(H,10,12)(H,8,9,11). The van der Waals surface area contributed by atoms with Crippen molar-refractivity contribution in [3.8, 4) is 0 Å². The van der Waals surface area contributed by atoms with Gasteiger partial charge in [-0.2, -0.15) is 0 Å². The van der Waals surface area contributed by atoms with Gasteiger partial charge in [0.05, 0.1) is 0 Å².